The minimum Gasteiger partial charge on any atom is -0.480 e. The molecule has 3 aromatic rings. The van der Waals surface area contributed by atoms with Gasteiger partial charge in [0.05, 0.1) is 29.5 Å². The molecule has 0 atom stereocenters. The summed E-state index contributed by atoms with van der Waals surface area (Å²) < 4.78 is 46.3. The lowest BCUT2D eigenvalue weighted by Crippen LogP contribution is -2.21. The molecular weight excluding hydrogens is 413 g/mol. The van der Waals surface area contributed by atoms with E-state index in [0.717, 1.165) is 6.20 Å². The maximum Gasteiger partial charge on any atom is 0.434 e. The minimum absolute atomic E-state index is 0.0468. The van der Waals surface area contributed by atoms with Crippen LogP contribution in [0.1, 0.15) is 21.6 Å². The molecule has 0 spiro atoms. The standard InChI is InChI=1S/C17H10ClF3N6O2/c1-29-14-5-4-13(25-26-14)27-15(17(19,20)21)11(8-23-27)16(28)24-10-3-2-9(7-22)12(18)6-10/h2-6,8H,1H3,(H,24,28). The predicted octanol–water partition coefficient (Wildman–Crippen LogP) is 3.47. The smallest absolute Gasteiger partial charge is 0.434 e. The molecule has 8 nitrogen and oxygen atoms in total. The Morgan fingerprint density at radius 3 is 2.59 bits per heavy atom. The van der Waals surface area contributed by atoms with Crippen molar-refractivity contribution in [3.05, 3.63) is 58.4 Å². The van der Waals surface area contributed by atoms with Gasteiger partial charge in [0.2, 0.25) is 5.88 Å². The van der Waals surface area contributed by atoms with Crippen LogP contribution in [0.5, 0.6) is 5.88 Å². The molecule has 2 aromatic heterocycles. The van der Waals surface area contributed by atoms with E-state index < -0.39 is 23.3 Å². The van der Waals surface area contributed by atoms with Crippen molar-refractivity contribution >= 4 is 23.2 Å². The lowest BCUT2D eigenvalue weighted by molar-refractivity contribution is -0.143. The Bertz CT molecular complexity index is 1110. The number of aromatic nitrogens is 4. The van der Waals surface area contributed by atoms with E-state index in [0.29, 0.717) is 4.68 Å². The van der Waals surface area contributed by atoms with Gasteiger partial charge in [-0.3, -0.25) is 4.79 Å². The number of rotatable bonds is 4. The fourth-order valence-electron chi connectivity index (χ4n) is 2.38. The highest BCUT2D eigenvalue weighted by atomic mass is 35.5. The molecular formula is C17H10ClF3N6O2. The summed E-state index contributed by atoms with van der Waals surface area (Å²) in [6.45, 7) is 0. The van der Waals surface area contributed by atoms with Gasteiger partial charge in [-0.2, -0.15) is 23.5 Å². The van der Waals surface area contributed by atoms with Gasteiger partial charge in [0.1, 0.15) is 6.07 Å². The summed E-state index contributed by atoms with van der Waals surface area (Å²) in [4.78, 5) is 12.5. The van der Waals surface area contributed by atoms with E-state index in [9.17, 15) is 18.0 Å². The summed E-state index contributed by atoms with van der Waals surface area (Å²) >= 11 is 5.88. The SMILES string of the molecule is COc1ccc(-n2ncc(C(=O)Nc3ccc(C#N)c(Cl)c3)c2C(F)(F)F)nn1. The van der Waals surface area contributed by atoms with Gasteiger partial charge in [-0.1, -0.05) is 11.6 Å². The molecule has 0 radical (unpaired) electrons. The number of alkyl halides is 3. The van der Waals surface area contributed by atoms with Gasteiger partial charge < -0.3 is 10.1 Å². The monoisotopic (exact) mass is 422 g/mol. The Hall–Kier alpha value is -3.65. The van der Waals surface area contributed by atoms with Crippen molar-refractivity contribution in [3.63, 3.8) is 0 Å². The zero-order valence-electron chi connectivity index (χ0n) is 14.5. The first-order valence-corrected chi connectivity index (χ1v) is 8.16. The Labute approximate surface area is 166 Å². The molecule has 0 bridgehead atoms. The summed E-state index contributed by atoms with van der Waals surface area (Å²) in [5, 5.41) is 22.1. The van der Waals surface area contributed by atoms with Gasteiger partial charge in [-0.25, -0.2) is 4.68 Å². The van der Waals surface area contributed by atoms with Gasteiger partial charge >= 0.3 is 6.18 Å². The van der Waals surface area contributed by atoms with Crippen LogP contribution in [0.4, 0.5) is 18.9 Å². The van der Waals surface area contributed by atoms with Crippen LogP contribution in [-0.2, 0) is 6.18 Å². The molecule has 0 saturated carbocycles. The predicted molar refractivity (Wildman–Crippen MR) is 94.8 cm³/mol. The summed E-state index contributed by atoms with van der Waals surface area (Å²) in [5.41, 5.74) is -1.78. The number of anilines is 1. The molecule has 1 aromatic carbocycles. The van der Waals surface area contributed by atoms with Crippen LogP contribution in [0, 0.1) is 11.3 Å². The molecule has 0 aliphatic heterocycles. The van der Waals surface area contributed by atoms with Crippen molar-refractivity contribution in [3.8, 4) is 17.8 Å². The van der Waals surface area contributed by atoms with E-state index in [4.69, 9.17) is 21.6 Å². The number of nitriles is 1. The molecule has 0 unspecified atom stereocenters. The van der Waals surface area contributed by atoms with Crippen molar-refractivity contribution in [1.29, 1.82) is 5.26 Å². The fraction of sp³-hybridized carbons (Fsp3) is 0.118. The maximum atomic E-state index is 13.7. The summed E-state index contributed by atoms with van der Waals surface area (Å²) in [5.74, 6) is -1.21. The molecule has 2 heterocycles. The average Bonchev–Trinajstić information content (AvgIpc) is 3.14. The number of benzene rings is 1. The van der Waals surface area contributed by atoms with Crippen LogP contribution >= 0.6 is 11.6 Å². The van der Waals surface area contributed by atoms with Crippen molar-refractivity contribution in [2.24, 2.45) is 0 Å². The Balaban J connectivity index is 1.98. The third kappa shape index (κ3) is 4.12. The molecule has 0 fully saturated rings. The van der Waals surface area contributed by atoms with Crippen molar-refractivity contribution in [2.45, 2.75) is 6.18 Å². The van der Waals surface area contributed by atoms with Crippen molar-refractivity contribution < 1.29 is 22.7 Å². The van der Waals surface area contributed by atoms with Gasteiger partial charge in [0, 0.05) is 11.8 Å². The molecule has 3 rings (SSSR count). The highest BCUT2D eigenvalue weighted by Gasteiger charge is 2.41. The molecule has 1 amide bonds. The fourth-order valence-corrected chi connectivity index (χ4v) is 2.60. The third-order valence-electron chi connectivity index (χ3n) is 3.68. The van der Waals surface area contributed by atoms with E-state index in [1.807, 2.05) is 6.07 Å². The minimum atomic E-state index is -4.91. The number of halogens is 4. The molecule has 29 heavy (non-hydrogen) atoms. The largest absolute Gasteiger partial charge is 0.480 e. The van der Waals surface area contributed by atoms with E-state index >= 15 is 0 Å². The number of carbonyl (C=O) groups is 1. The second-order valence-corrected chi connectivity index (χ2v) is 5.92. The van der Waals surface area contributed by atoms with Crippen molar-refractivity contribution in [2.75, 3.05) is 12.4 Å². The first-order chi connectivity index (χ1) is 13.7. The molecule has 0 aliphatic rings. The summed E-state index contributed by atoms with van der Waals surface area (Å²) in [6.07, 6.45) is -4.14. The van der Waals surface area contributed by atoms with Crippen LogP contribution in [-0.4, -0.2) is 33.0 Å². The zero-order chi connectivity index (χ0) is 21.2. The normalized spacial score (nSPS) is 11.0. The van der Waals surface area contributed by atoms with E-state index in [-0.39, 0.29) is 28.0 Å². The van der Waals surface area contributed by atoms with E-state index in [1.165, 1.54) is 37.4 Å². The molecule has 0 aliphatic carbocycles. The van der Waals surface area contributed by atoms with Gasteiger partial charge in [-0.15, -0.1) is 10.2 Å². The van der Waals surface area contributed by atoms with Crippen LogP contribution in [0.25, 0.3) is 5.82 Å². The number of amides is 1. The Morgan fingerprint density at radius 2 is 2.03 bits per heavy atom. The second kappa shape index (κ2) is 7.76. The highest BCUT2D eigenvalue weighted by molar-refractivity contribution is 6.32. The van der Waals surface area contributed by atoms with Crippen LogP contribution in [0.15, 0.2) is 36.5 Å². The van der Waals surface area contributed by atoms with Gasteiger partial charge in [0.15, 0.2) is 11.5 Å². The molecule has 0 saturated heterocycles. The maximum absolute atomic E-state index is 13.7. The zero-order valence-corrected chi connectivity index (χ0v) is 15.3. The van der Waals surface area contributed by atoms with Crippen LogP contribution < -0.4 is 10.1 Å². The molecule has 12 heteroatoms. The Kier molecular flexibility index (Phi) is 5.38. The van der Waals surface area contributed by atoms with E-state index in [2.05, 4.69) is 20.6 Å². The summed E-state index contributed by atoms with van der Waals surface area (Å²) in [6, 6.07) is 8.29. The van der Waals surface area contributed by atoms with Gasteiger partial charge in [0.25, 0.3) is 5.91 Å². The van der Waals surface area contributed by atoms with Gasteiger partial charge in [-0.05, 0) is 24.3 Å². The average molecular weight is 423 g/mol. The molecule has 148 valence electrons. The number of methoxy groups -OCH3 is 1. The molecule has 1 N–H and O–H groups in total. The third-order valence-corrected chi connectivity index (χ3v) is 3.99. The number of nitrogens with one attached hydrogen (secondary N) is 1. The Morgan fingerprint density at radius 1 is 1.28 bits per heavy atom. The highest BCUT2D eigenvalue weighted by Crippen LogP contribution is 2.34. The number of hydrogen-bond donors (Lipinski definition) is 1. The lowest BCUT2D eigenvalue weighted by Gasteiger charge is -2.12. The van der Waals surface area contributed by atoms with Crippen molar-refractivity contribution in [1.82, 2.24) is 20.0 Å². The number of ether oxygens (including phenoxy) is 1. The first-order valence-electron chi connectivity index (χ1n) is 7.79. The lowest BCUT2D eigenvalue weighted by atomic mass is 10.2. The quantitative estimate of drug-likeness (QED) is 0.690. The number of hydrogen-bond acceptors (Lipinski definition) is 6. The topological polar surface area (TPSA) is 106 Å². The van der Waals surface area contributed by atoms with Crippen LogP contribution in [0.3, 0.4) is 0 Å². The number of nitrogens with zero attached hydrogens (tertiary/aromatic N) is 5. The number of carbonyl (C=O) groups excluding carboxylic acids is 1. The summed E-state index contributed by atoms with van der Waals surface area (Å²) in [7, 11) is 1.33. The second-order valence-electron chi connectivity index (χ2n) is 5.51. The van der Waals surface area contributed by atoms with Crippen LogP contribution in [0.2, 0.25) is 5.02 Å². The first kappa shape index (κ1) is 20.1. The van der Waals surface area contributed by atoms with E-state index in [1.54, 1.807) is 0 Å².